The highest BCUT2D eigenvalue weighted by Gasteiger charge is 2.30. The van der Waals surface area contributed by atoms with Crippen LogP contribution in [0.5, 0.6) is 5.75 Å². The number of ether oxygens (including phenoxy) is 1. The van der Waals surface area contributed by atoms with Gasteiger partial charge < -0.3 is 10.1 Å². The third-order valence-electron chi connectivity index (χ3n) is 6.33. The summed E-state index contributed by atoms with van der Waals surface area (Å²) in [5.74, 6) is 0.587. The molecule has 1 amide bonds. The average molecular weight is 512 g/mol. The lowest BCUT2D eigenvalue weighted by Gasteiger charge is -2.26. The van der Waals surface area contributed by atoms with Crippen LogP contribution >= 0.6 is 23.2 Å². The van der Waals surface area contributed by atoms with Gasteiger partial charge in [-0.3, -0.25) is 10.2 Å². The molecule has 1 saturated heterocycles. The smallest absolute Gasteiger partial charge is 0.286 e. The molecule has 0 bridgehead atoms. The Kier molecular flexibility index (Phi) is 7.11. The predicted octanol–water partition coefficient (Wildman–Crippen LogP) is 4.96. The van der Waals surface area contributed by atoms with E-state index in [-0.39, 0.29) is 5.91 Å². The van der Waals surface area contributed by atoms with Gasteiger partial charge in [0.1, 0.15) is 5.75 Å². The lowest BCUT2D eigenvalue weighted by molar-refractivity contribution is 0.0743. The van der Waals surface area contributed by atoms with E-state index >= 15 is 0 Å². The Morgan fingerprint density at radius 3 is 2.57 bits per heavy atom. The second-order valence-electron chi connectivity index (χ2n) is 8.72. The van der Waals surface area contributed by atoms with E-state index in [0.29, 0.717) is 34.5 Å². The van der Waals surface area contributed by atoms with Crippen molar-refractivity contribution < 1.29 is 9.53 Å². The minimum absolute atomic E-state index is 0.209. The molecule has 3 heterocycles. The number of hydrogen-bond donors (Lipinski definition) is 2. The maximum atomic E-state index is 13.4. The van der Waals surface area contributed by atoms with Crippen molar-refractivity contribution >= 4 is 40.8 Å². The van der Waals surface area contributed by atoms with Gasteiger partial charge in [-0.25, -0.2) is 9.69 Å². The van der Waals surface area contributed by atoms with Crippen molar-refractivity contribution in [2.24, 2.45) is 0 Å². The fraction of sp³-hybridized carbons (Fsp3) is 0.308. The average Bonchev–Trinajstić information content (AvgIpc) is 3.26. The number of benzene rings is 2. The maximum absolute atomic E-state index is 13.4. The van der Waals surface area contributed by atoms with Gasteiger partial charge in [0.15, 0.2) is 5.69 Å². The monoisotopic (exact) mass is 511 g/mol. The van der Waals surface area contributed by atoms with Crippen LogP contribution in [-0.2, 0) is 6.54 Å². The maximum Gasteiger partial charge on any atom is 0.286 e. The van der Waals surface area contributed by atoms with Crippen molar-refractivity contribution in [1.82, 2.24) is 25.5 Å². The molecule has 0 saturated carbocycles. The van der Waals surface area contributed by atoms with Gasteiger partial charge in [-0.15, -0.1) is 0 Å². The molecule has 0 unspecified atom stereocenters. The molecular formula is C26H27Cl2N5O2. The quantitative estimate of drug-likeness (QED) is 0.506. The van der Waals surface area contributed by atoms with Crippen LogP contribution in [0.3, 0.4) is 0 Å². The van der Waals surface area contributed by atoms with Crippen molar-refractivity contribution in [2.45, 2.75) is 25.8 Å². The van der Waals surface area contributed by atoms with Gasteiger partial charge in [-0.1, -0.05) is 41.8 Å². The number of carbonyl (C=O) groups excluding carboxylic acids is 1. The van der Waals surface area contributed by atoms with Gasteiger partial charge in [0.05, 0.1) is 23.5 Å². The molecule has 2 aromatic carbocycles. The van der Waals surface area contributed by atoms with Crippen molar-refractivity contribution in [2.75, 3.05) is 26.7 Å². The van der Waals surface area contributed by atoms with Crippen molar-refractivity contribution in [1.29, 1.82) is 0 Å². The normalized spacial score (nSPS) is 17.3. The van der Waals surface area contributed by atoms with E-state index in [4.69, 9.17) is 33.0 Å². The Bertz CT molecular complexity index is 1260. The van der Waals surface area contributed by atoms with Crippen LogP contribution in [0.1, 0.15) is 46.6 Å². The number of hydrazine groups is 1. The van der Waals surface area contributed by atoms with E-state index in [2.05, 4.69) is 16.8 Å². The molecule has 182 valence electrons. The first kappa shape index (κ1) is 23.9. The van der Waals surface area contributed by atoms with E-state index in [1.54, 1.807) is 23.9 Å². The predicted molar refractivity (Wildman–Crippen MR) is 139 cm³/mol. The summed E-state index contributed by atoms with van der Waals surface area (Å²) in [5, 5.41) is 11.2. The second kappa shape index (κ2) is 10.4. The van der Waals surface area contributed by atoms with Crippen LogP contribution in [0.2, 0.25) is 10.0 Å². The molecule has 7 nitrogen and oxygen atoms in total. The second-order valence-corrected chi connectivity index (χ2v) is 9.56. The lowest BCUT2D eigenvalue weighted by Crippen LogP contribution is -2.45. The Morgan fingerprint density at radius 2 is 1.86 bits per heavy atom. The summed E-state index contributed by atoms with van der Waals surface area (Å²) in [6.07, 6.45) is 5.43. The molecule has 1 fully saturated rings. The van der Waals surface area contributed by atoms with Gasteiger partial charge >= 0.3 is 0 Å². The fourth-order valence-corrected chi connectivity index (χ4v) is 5.07. The van der Waals surface area contributed by atoms with Crippen LogP contribution in [0, 0.1) is 0 Å². The van der Waals surface area contributed by atoms with E-state index in [0.717, 1.165) is 54.1 Å². The molecule has 5 rings (SSSR count). The Labute approximate surface area is 214 Å². The minimum Gasteiger partial charge on any atom is -0.497 e. The number of methoxy groups -OCH3 is 1. The Morgan fingerprint density at radius 1 is 1.09 bits per heavy atom. The molecule has 2 aliphatic rings. The number of nitrogens with zero attached hydrogens (tertiary/aromatic N) is 3. The summed E-state index contributed by atoms with van der Waals surface area (Å²) in [6.45, 7) is 2.85. The molecular weight excluding hydrogens is 485 g/mol. The third kappa shape index (κ3) is 5.09. The molecule has 0 aliphatic carbocycles. The molecule has 2 aliphatic heterocycles. The SMILES string of the molecule is COc1ccc(/C=C2\CNCc3c(C(=O)NN4CCCCC4)nn(-c4ccc(Cl)cc4Cl)c32)cc1. The third-order valence-corrected chi connectivity index (χ3v) is 6.87. The Hall–Kier alpha value is -2.84. The first-order valence-electron chi connectivity index (χ1n) is 11.7. The van der Waals surface area contributed by atoms with Crippen molar-refractivity contribution in [3.8, 4) is 11.4 Å². The number of nitrogens with one attached hydrogen (secondary N) is 2. The van der Waals surface area contributed by atoms with E-state index in [9.17, 15) is 4.79 Å². The van der Waals surface area contributed by atoms with E-state index in [1.165, 1.54) is 6.42 Å². The number of piperidine rings is 1. The van der Waals surface area contributed by atoms with Crippen molar-refractivity contribution in [3.63, 3.8) is 0 Å². The number of amides is 1. The topological polar surface area (TPSA) is 71.4 Å². The number of carbonyl (C=O) groups is 1. The van der Waals surface area contributed by atoms with Crippen LogP contribution in [0.15, 0.2) is 42.5 Å². The van der Waals surface area contributed by atoms with Gasteiger partial charge in [0, 0.05) is 36.8 Å². The number of hydrogen-bond acceptors (Lipinski definition) is 5. The summed E-state index contributed by atoms with van der Waals surface area (Å²) >= 11 is 12.7. The van der Waals surface area contributed by atoms with Crippen LogP contribution in [-0.4, -0.2) is 47.4 Å². The largest absolute Gasteiger partial charge is 0.497 e. The van der Waals surface area contributed by atoms with Crippen LogP contribution in [0.25, 0.3) is 17.3 Å². The fourth-order valence-electron chi connectivity index (χ4n) is 4.59. The highest BCUT2D eigenvalue weighted by atomic mass is 35.5. The van der Waals surface area contributed by atoms with E-state index < -0.39 is 0 Å². The highest BCUT2D eigenvalue weighted by molar-refractivity contribution is 6.35. The number of rotatable bonds is 5. The summed E-state index contributed by atoms with van der Waals surface area (Å²) in [7, 11) is 1.65. The van der Waals surface area contributed by atoms with Gasteiger partial charge in [0.25, 0.3) is 5.91 Å². The number of fused-ring (bicyclic) bond motifs is 1. The zero-order valence-corrected chi connectivity index (χ0v) is 21.0. The first-order chi connectivity index (χ1) is 17.0. The van der Waals surface area contributed by atoms with Gasteiger partial charge in [-0.05, 0) is 60.4 Å². The zero-order valence-electron chi connectivity index (χ0n) is 19.5. The standard InChI is InChI=1S/C26H27Cl2N5O2/c1-35-20-8-5-17(6-9-20)13-18-15-29-16-21-24(26(34)31-32-11-3-2-4-12-32)30-33(25(18)21)23-10-7-19(27)14-22(23)28/h5-10,13-14,29H,2-4,11-12,15-16H2,1H3,(H,31,34)/b18-13+. The summed E-state index contributed by atoms with van der Waals surface area (Å²) in [6, 6.07) is 13.1. The molecule has 3 aromatic rings. The number of halogens is 2. The molecule has 0 atom stereocenters. The molecule has 35 heavy (non-hydrogen) atoms. The van der Waals surface area contributed by atoms with Gasteiger partial charge in [0.2, 0.25) is 0 Å². The van der Waals surface area contributed by atoms with E-state index in [1.807, 2.05) is 35.3 Å². The summed E-state index contributed by atoms with van der Waals surface area (Å²) in [4.78, 5) is 13.4. The molecule has 0 radical (unpaired) electrons. The lowest BCUT2D eigenvalue weighted by atomic mass is 9.99. The zero-order chi connectivity index (χ0) is 24.4. The number of aromatic nitrogens is 2. The molecule has 2 N–H and O–H groups in total. The first-order valence-corrected chi connectivity index (χ1v) is 12.5. The van der Waals surface area contributed by atoms with Crippen LogP contribution < -0.4 is 15.5 Å². The van der Waals surface area contributed by atoms with Crippen molar-refractivity contribution in [3.05, 3.63) is 75.0 Å². The molecule has 9 heteroatoms. The van der Waals surface area contributed by atoms with Crippen LogP contribution in [0.4, 0.5) is 0 Å². The Balaban J connectivity index is 1.60. The summed E-state index contributed by atoms with van der Waals surface area (Å²) in [5.41, 5.74) is 7.86. The highest BCUT2D eigenvalue weighted by Crippen LogP contribution is 2.33. The molecule has 1 aromatic heterocycles. The summed E-state index contributed by atoms with van der Waals surface area (Å²) < 4.78 is 7.06. The van der Waals surface area contributed by atoms with Gasteiger partial charge in [-0.2, -0.15) is 5.10 Å². The molecule has 0 spiro atoms. The minimum atomic E-state index is -0.209.